The van der Waals surface area contributed by atoms with Gasteiger partial charge < -0.3 is 15.8 Å². The van der Waals surface area contributed by atoms with Crippen molar-refractivity contribution >= 4 is 17.5 Å². The van der Waals surface area contributed by atoms with E-state index in [9.17, 15) is 4.79 Å². The van der Waals surface area contributed by atoms with Crippen LogP contribution < -0.4 is 15.8 Å². The minimum atomic E-state index is -0.152. The summed E-state index contributed by atoms with van der Waals surface area (Å²) in [6.45, 7) is 6.55. The molecular formula is C14H21ClN2O2. The quantitative estimate of drug-likeness (QED) is 0.844. The predicted molar refractivity (Wildman–Crippen MR) is 77.4 cm³/mol. The first-order valence-electron chi connectivity index (χ1n) is 6.34. The second kappa shape index (κ2) is 7.36. The average molecular weight is 285 g/mol. The van der Waals surface area contributed by atoms with E-state index in [0.29, 0.717) is 23.2 Å². The van der Waals surface area contributed by atoms with E-state index < -0.39 is 0 Å². The molecule has 0 heterocycles. The number of halogens is 1. The zero-order chi connectivity index (χ0) is 14.4. The van der Waals surface area contributed by atoms with Gasteiger partial charge in [0.25, 0.3) is 5.91 Å². The van der Waals surface area contributed by atoms with Crippen molar-refractivity contribution in [2.75, 3.05) is 13.2 Å². The van der Waals surface area contributed by atoms with Crippen molar-refractivity contribution in [2.45, 2.75) is 26.8 Å². The van der Waals surface area contributed by atoms with Crippen LogP contribution in [-0.4, -0.2) is 19.1 Å². The van der Waals surface area contributed by atoms with E-state index in [-0.39, 0.29) is 18.6 Å². The zero-order valence-electron chi connectivity index (χ0n) is 11.6. The van der Waals surface area contributed by atoms with E-state index in [2.05, 4.69) is 5.32 Å². The molecule has 0 saturated heterocycles. The molecule has 1 aromatic rings. The topological polar surface area (TPSA) is 64.3 Å². The summed E-state index contributed by atoms with van der Waals surface area (Å²) in [5.74, 6) is 0.754. The molecule has 1 aromatic carbocycles. The molecule has 19 heavy (non-hydrogen) atoms. The van der Waals surface area contributed by atoms with Gasteiger partial charge in [0.2, 0.25) is 0 Å². The highest BCUT2D eigenvalue weighted by Gasteiger charge is 2.08. The maximum atomic E-state index is 11.5. The van der Waals surface area contributed by atoms with Gasteiger partial charge in [-0.25, -0.2) is 0 Å². The van der Waals surface area contributed by atoms with Crippen molar-refractivity contribution in [1.29, 1.82) is 0 Å². The minimum Gasteiger partial charge on any atom is -0.482 e. The Kier molecular flexibility index (Phi) is 6.12. The van der Waals surface area contributed by atoms with Gasteiger partial charge >= 0.3 is 0 Å². The summed E-state index contributed by atoms with van der Waals surface area (Å²) >= 11 is 6.07. The van der Waals surface area contributed by atoms with Gasteiger partial charge in [-0.05, 0) is 30.5 Å². The van der Waals surface area contributed by atoms with Crippen LogP contribution in [-0.2, 0) is 4.79 Å². The molecule has 1 amide bonds. The molecular weight excluding hydrogens is 264 g/mol. The number of ether oxygens (including phenoxy) is 1. The highest BCUT2D eigenvalue weighted by atomic mass is 35.5. The molecule has 0 unspecified atom stereocenters. The highest BCUT2D eigenvalue weighted by molar-refractivity contribution is 6.32. The number of nitrogens with two attached hydrogens (primary N) is 1. The number of amides is 1. The number of hydrogen-bond donors (Lipinski definition) is 2. The van der Waals surface area contributed by atoms with E-state index in [1.54, 1.807) is 12.1 Å². The number of benzene rings is 1. The molecule has 0 aliphatic heterocycles. The Morgan fingerprint density at radius 1 is 1.42 bits per heavy atom. The summed E-state index contributed by atoms with van der Waals surface area (Å²) in [4.78, 5) is 11.5. The lowest BCUT2D eigenvalue weighted by Crippen LogP contribution is -2.31. The Balaban J connectivity index is 2.51. The molecule has 5 heteroatoms. The van der Waals surface area contributed by atoms with Gasteiger partial charge in [0, 0.05) is 12.6 Å². The summed E-state index contributed by atoms with van der Waals surface area (Å²) in [5, 5.41) is 3.24. The molecule has 1 atom stereocenters. The average Bonchev–Trinajstić information content (AvgIpc) is 2.34. The molecule has 0 fully saturated rings. The molecule has 106 valence electrons. The Labute approximate surface area is 119 Å². The van der Waals surface area contributed by atoms with Crippen LogP contribution >= 0.6 is 11.6 Å². The Morgan fingerprint density at radius 2 is 2.11 bits per heavy atom. The lowest BCUT2D eigenvalue weighted by Gasteiger charge is -2.12. The molecule has 0 aliphatic rings. The molecule has 0 aliphatic carbocycles. The normalized spacial score (nSPS) is 12.3. The number of carbonyl (C=O) groups is 1. The molecule has 4 nitrogen and oxygen atoms in total. The van der Waals surface area contributed by atoms with Gasteiger partial charge in [-0.15, -0.1) is 0 Å². The van der Waals surface area contributed by atoms with Crippen LogP contribution in [0.4, 0.5) is 0 Å². The summed E-state index contributed by atoms with van der Waals surface area (Å²) in [7, 11) is 0. The minimum absolute atomic E-state index is 0.0377. The summed E-state index contributed by atoms with van der Waals surface area (Å²) < 4.78 is 5.38. The third-order valence-corrected chi connectivity index (χ3v) is 2.84. The van der Waals surface area contributed by atoms with Crippen LogP contribution in [0.15, 0.2) is 18.2 Å². The molecule has 0 aromatic heterocycles. The SMILES string of the molecule is CC(C)CNC(=O)COc1ccc([C@H](C)N)cc1Cl. The first-order chi connectivity index (χ1) is 8.90. The lowest BCUT2D eigenvalue weighted by atomic mass is 10.1. The van der Waals surface area contributed by atoms with E-state index in [0.717, 1.165) is 5.56 Å². The lowest BCUT2D eigenvalue weighted by molar-refractivity contribution is -0.123. The van der Waals surface area contributed by atoms with Crippen molar-refractivity contribution in [3.05, 3.63) is 28.8 Å². The second-order valence-corrected chi connectivity index (χ2v) is 5.37. The van der Waals surface area contributed by atoms with Crippen LogP contribution in [0, 0.1) is 5.92 Å². The van der Waals surface area contributed by atoms with Crippen LogP contribution in [0.25, 0.3) is 0 Å². The maximum Gasteiger partial charge on any atom is 0.257 e. The largest absolute Gasteiger partial charge is 0.482 e. The van der Waals surface area contributed by atoms with Gasteiger partial charge in [-0.3, -0.25) is 4.79 Å². The van der Waals surface area contributed by atoms with Crippen LogP contribution in [0.3, 0.4) is 0 Å². The fourth-order valence-corrected chi connectivity index (χ4v) is 1.67. The van der Waals surface area contributed by atoms with Crippen LogP contribution in [0.1, 0.15) is 32.4 Å². The van der Waals surface area contributed by atoms with Gasteiger partial charge in [-0.2, -0.15) is 0 Å². The monoisotopic (exact) mass is 284 g/mol. The van der Waals surface area contributed by atoms with E-state index in [1.165, 1.54) is 0 Å². The van der Waals surface area contributed by atoms with Crippen LogP contribution in [0.5, 0.6) is 5.75 Å². The van der Waals surface area contributed by atoms with Crippen molar-refractivity contribution in [1.82, 2.24) is 5.32 Å². The third-order valence-electron chi connectivity index (χ3n) is 2.55. The number of nitrogens with one attached hydrogen (secondary N) is 1. The number of rotatable bonds is 6. The van der Waals surface area contributed by atoms with Crippen molar-refractivity contribution < 1.29 is 9.53 Å². The second-order valence-electron chi connectivity index (χ2n) is 4.97. The predicted octanol–water partition coefficient (Wildman–Crippen LogP) is 2.51. The smallest absolute Gasteiger partial charge is 0.257 e. The molecule has 0 spiro atoms. The maximum absolute atomic E-state index is 11.5. The van der Waals surface area contributed by atoms with E-state index in [1.807, 2.05) is 26.8 Å². The summed E-state index contributed by atoms with van der Waals surface area (Å²) in [6, 6.07) is 5.25. The van der Waals surface area contributed by atoms with Crippen molar-refractivity contribution in [2.24, 2.45) is 11.7 Å². The standard InChI is InChI=1S/C14H21ClN2O2/c1-9(2)7-17-14(18)8-19-13-5-4-11(10(3)16)6-12(13)15/h4-6,9-10H,7-8,16H2,1-3H3,(H,17,18)/t10-/m0/s1. The fourth-order valence-electron chi connectivity index (χ4n) is 1.43. The third kappa shape index (κ3) is 5.49. The van der Waals surface area contributed by atoms with Crippen LogP contribution in [0.2, 0.25) is 5.02 Å². The molecule has 0 saturated carbocycles. The van der Waals surface area contributed by atoms with Gasteiger partial charge in [0.1, 0.15) is 5.75 Å². The molecule has 0 bridgehead atoms. The zero-order valence-corrected chi connectivity index (χ0v) is 12.3. The van der Waals surface area contributed by atoms with Crippen molar-refractivity contribution in [3.63, 3.8) is 0 Å². The van der Waals surface area contributed by atoms with Gasteiger partial charge in [0.05, 0.1) is 5.02 Å². The number of carbonyl (C=O) groups excluding carboxylic acids is 1. The van der Waals surface area contributed by atoms with Gasteiger partial charge in [0.15, 0.2) is 6.61 Å². The fraction of sp³-hybridized carbons (Fsp3) is 0.500. The summed E-state index contributed by atoms with van der Waals surface area (Å²) in [6.07, 6.45) is 0. The molecule has 0 radical (unpaired) electrons. The first kappa shape index (κ1) is 15.8. The van der Waals surface area contributed by atoms with Crippen molar-refractivity contribution in [3.8, 4) is 5.75 Å². The van der Waals surface area contributed by atoms with E-state index in [4.69, 9.17) is 22.1 Å². The van der Waals surface area contributed by atoms with Gasteiger partial charge in [-0.1, -0.05) is 31.5 Å². The highest BCUT2D eigenvalue weighted by Crippen LogP contribution is 2.27. The molecule has 1 rings (SSSR count). The molecule has 3 N–H and O–H groups in total. The first-order valence-corrected chi connectivity index (χ1v) is 6.72. The van der Waals surface area contributed by atoms with E-state index >= 15 is 0 Å². The Hall–Kier alpha value is -1.26. The Bertz CT molecular complexity index is 433. The Morgan fingerprint density at radius 3 is 2.63 bits per heavy atom. The number of hydrogen-bond acceptors (Lipinski definition) is 3. The summed E-state index contributed by atoms with van der Waals surface area (Å²) in [5.41, 5.74) is 6.69.